The van der Waals surface area contributed by atoms with Crippen LogP contribution in [0.4, 0.5) is 5.00 Å². The molecule has 0 amide bonds. The van der Waals surface area contributed by atoms with Gasteiger partial charge in [0, 0.05) is 6.54 Å². The lowest BCUT2D eigenvalue weighted by molar-refractivity contribution is 0.369. The van der Waals surface area contributed by atoms with Crippen LogP contribution in [-0.4, -0.2) is 16.3 Å². The van der Waals surface area contributed by atoms with Gasteiger partial charge < -0.3 is 9.79 Å². The minimum Gasteiger partial charge on any atom is -0.308 e. The Bertz CT molecular complexity index is 389. The van der Waals surface area contributed by atoms with Gasteiger partial charge in [-0.3, -0.25) is 4.67 Å². The molecule has 0 atom stereocenters. The molecule has 15 heavy (non-hydrogen) atoms. The van der Waals surface area contributed by atoms with Gasteiger partial charge in [0.05, 0.1) is 4.34 Å². The molecule has 0 unspecified atom stereocenters. The van der Waals surface area contributed by atoms with Gasteiger partial charge in [-0.1, -0.05) is 18.5 Å². The first-order chi connectivity index (χ1) is 6.90. The third-order valence-electron chi connectivity index (χ3n) is 1.99. The second-order valence-electron chi connectivity index (χ2n) is 2.96. The third kappa shape index (κ3) is 2.95. The Morgan fingerprint density at radius 3 is 2.53 bits per heavy atom. The summed E-state index contributed by atoms with van der Waals surface area (Å²) < 4.78 is 12.9. The summed E-state index contributed by atoms with van der Waals surface area (Å²) in [5.41, 5.74) is 0.871. The molecule has 0 aliphatic rings. The fourth-order valence-corrected chi connectivity index (χ4v) is 3.78. The van der Waals surface area contributed by atoms with Crippen molar-refractivity contribution in [1.29, 1.82) is 0 Å². The van der Waals surface area contributed by atoms with Gasteiger partial charge in [-0.25, -0.2) is 4.57 Å². The topological polar surface area (TPSA) is 60.8 Å². The average Bonchev–Trinajstić information content (AvgIpc) is 2.45. The molecule has 1 heterocycles. The van der Waals surface area contributed by atoms with E-state index in [1.807, 2.05) is 6.92 Å². The monoisotopic (exact) mass is 269 g/mol. The maximum absolute atomic E-state index is 11.2. The van der Waals surface area contributed by atoms with E-state index in [1.54, 1.807) is 13.0 Å². The molecule has 1 aromatic heterocycles. The molecule has 0 spiro atoms. The van der Waals surface area contributed by atoms with E-state index in [0.29, 0.717) is 15.8 Å². The molecule has 4 nitrogen and oxygen atoms in total. The van der Waals surface area contributed by atoms with Crippen LogP contribution in [0.2, 0.25) is 4.34 Å². The zero-order valence-electron chi connectivity index (χ0n) is 8.47. The van der Waals surface area contributed by atoms with Gasteiger partial charge in [0.2, 0.25) is 0 Å². The lowest BCUT2D eigenvalue weighted by Gasteiger charge is -2.23. The highest BCUT2D eigenvalue weighted by atomic mass is 35.5. The molecule has 0 aromatic carbocycles. The van der Waals surface area contributed by atoms with Gasteiger partial charge >= 0.3 is 7.75 Å². The molecule has 0 saturated heterocycles. The Labute approximate surface area is 97.7 Å². The quantitative estimate of drug-likeness (QED) is 0.825. The number of halogens is 1. The Morgan fingerprint density at radius 1 is 1.53 bits per heavy atom. The summed E-state index contributed by atoms with van der Waals surface area (Å²) in [4.78, 5) is 18.3. The van der Waals surface area contributed by atoms with Crippen LogP contribution in [0, 0.1) is 0 Å². The predicted octanol–water partition coefficient (Wildman–Crippen LogP) is 2.88. The van der Waals surface area contributed by atoms with E-state index in [-0.39, 0.29) is 6.54 Å². The molecule has 0 aliphatic heterocycles. The van der Waals surface area contributed by atoms with Crippen LogP contribution in [0.15, 0.2) is 6.07 Å². The number of hydrogen-bond acceptors (Lipinski definition) is 2. The summed E-state index contributed by atoms with van der Waals surface area (Å²) in [6.07, 6.45) is 0.703. The number of rotatable bonds is 4. The van der Waals surface area contributed by atoms with Gasteiger partial charge in [-0.05, 0) is 25.0 Å². The fraction of sp³-hybridized carbons (Fsp3) is 0.500. The molecule has 0 fully saturated rings. The first-order valence-electron chi connectivity index (χ1n) is 4.51. The summed E-state index contributed by atoms with van der Waals surface area (Å²) in [7, 11) is -4.24. The van der Waals surface area contributed by atoms with E-state index < -0.39 is 7.75 Å². The molecule has 0 aliphatic carbocycles. The van der Waals surface area contributed by atoms with Crippen LogP contribution in [0.3, 0.4) is 0 Å². The number of hydrogen-bond donors (Lipinski definition) is 2. The van der Waals surface area contributed by atoms with Gasteiger partial charge in [0.15, 0.2) is 0 Å². The summed E-state index contributed by atoms with van der Waals surface area (Å²) in [5.74, 6) is 0. The van der Waals surface area contributed by atoms with Crippen LogP contribution in [0.25, 0.3) is 0 Å². The standard InChI is InChI=1S/C8H13ClNO3PS/c1-3-6-5-7(9)15-8(6)10(4-2)14(11,12)13/h5H,3-4H2,1-2H3,(H2,11,12,13). The van der Waals surface area contributed by atoms with Crippen molar-refractivity contribution in [3.05, 3.63) is 16.0 Å². The second kappa shape index (κ2) is 4.85. The molecule has 0 bridgehead atoms. The highest BCUT2D eigenvalue weighted by Gasteiger charge is 2.27. The number of aryl methyl sites for hydroxylation is 1. The van der Waals surface area contributed by atoms with Crippen molar-refractivity contribution in [1.82, 2.24) is 0 Å². The van der Waals surface area contributed by atoms with E-state index >= 15 is 0 Å². The Hall–Kier alpha value is -0.0600. The van der Waals surface area contributed by atoms with Crippen molar-refractivity contribution in [2.45, 2.75) is 20.3 Å². The average molecular weight is 270 g/mol. The molecule has 1 rings (SSSR count). The van der Waals surface area contributed by atoms with Crippen molar-refractivity contribution in [2.24, 2.45) is 0 Å². The Balaban J connectivity index is 3.17. The molecule has 1 aromatic rings. The van der Waals surface area contributed by atoms with Gasteiger partial charge in [0.25, 0.3) is 0 Å². The highest BCUT2D eigenvalue weighted by molar-refractivity contribution is 7.54. The lowest BCUT2D eigenvalue weighted by Crippen LogP contribution is -2.18. The molecule has 2 N–H and O–H groups in total. The molecule has 0 saturated carbocycles. The van der Waals surface area contributed by atoms with Gasteiger partial charge in [-0.15, -0.1) is 11.3 Å². The summed E-state index contributed by atoms with van der Waals surface area (Å²) in [6, 6.07) is 1.75. The number of thiophene rings is 1. The van der Waals surface area contributed by atoms with E-state index in [0.717, 1.165) is 10.2 Å². The molecule has 86 valence electrons. The van der Waals surface area contributed by atoms with E-state index in [9.17, 15) is 4.57 Å². The molecule has 7 heteroatoms. The second-order valence-corrected chi connectivity index (χ2v) is 6.13. The van der Waals surface area contributed by atoms with Crippen molar-refractivity contribution in [2.75, 3.05) is 11.2 Å². The molecular formula is C8H13ClNO3PS. The lowest BCUT2D eigenvalue weighted by atomic mass is 10.2. The first kappa shape index (κ1) is 13.0. The predicted molar refractivity (Wildman–Crippen MR) is 63.8 cm³/mol. The maximum atomic E-state index is 11.2. The number of anilines is 1. The van der Waals surface area contributed by atoms with Crippen LogP contribution in [0.5, 0.6) is 0 Å². The SMILES string of the molecule is CCc1cc(Cl)sc1N(CC)P(=O)(O)O. The zero-order valence-corrected chi connectivity index (χ0v) is 10.9. The first-order valence-corrected chi connectivity index (χ1v) is 7.27. The Kier molecular flexibility index (Phi) is 4.20. The van der Waals surface area contributed by atoms with Crippen LogP contribution >= 0.6 is 30.7 Å². The smallest absolute Gasteiger partial charge is 0.308 e. The van der Waals surface area contributed by atoms with Crippen molar-refractivity contribution in [3.8, 4) is 0 Å². The number of nitrogens with zero attached hydrogens (tertiary/aromatic N) is 1. The summed E-state index contributed by atoms with van der Waals surface area (Å²) in [5, 5.41) is 0.568. The normalized spacial score (nSPS) is 11.8. The van der Waals surface area contributed by atoms with Crippen LogP contribution in [0.1, 0.15) is 19.4 Å². The van der Waals surface area contributed by atoms with Crippen molar-refractivity contribution < 1.29 is 14.4 Å². The van der Waals surface area contributed by atoms with Gasteiger partial charge in [-0.2, -0.15) is 0 Å². The highest BCUT2D eigenvalue weighted by Crippen LogP contribution is 2.48. The van der Waals surface area contributed by atoms with Crippen LogP contribution in [-0.2, 0) is 11.0 Å². The molecule has 0 radical (unpaired) electrons. The zero-order chi connectivity index (χ0) is 11.6. The van der Waals surface area contributed by atoms with Crippen molar-refractivity contribution in [3.63, 3.8) is 0 Å². The summed E-state index contributed by atoms with van der Waals surface area (Å²) >= 11 is 7.03. The minimum absolute atomic E-state index is 0.258. The molecular weight excluding hydrogens is 257 g/mol. The third-order valence-corrected chi connectivity index (χ3v) is 4.56. The van der Waals surface area contributed by atoms with E-state index in [1.165, 1.54) is 11.3 Å². The largest absolute Gasteiger partial charge is 0.430 e. The maximum Gasteiger partial charge on any atom is 0.430 e. The van der Waals surface area contributed by atoms with Crippen LogP contribution < -0.4 is 4.67 Å². The summed E-state index contributed by atoms with van der Waals surface area (Å²) in [6.45, 7) is 3.88. The fourth-order valence-electron chi connectivity index (χ4n) is 1.30. The van der Waals surface area contributed by atoms with Gasteiger partial charge in [0.1, 0.15) is 5.00 Å². The van der Waals surface area contributed by atoms with E-state index in [4.69, 9.17) is 21.4 Å². The Morgan fingerprint density at radius 2 is 2.13 bits per heavy atom. The minimum atomic E-state index is -4.24. The van der Waals surface area contributed by atoms with E-state index in [2.05, 4.69) is 0 Å². The van der Waals surface area contributed by atoms with Crippen molar-refractivity contribution >= 4 is 35.7 Å².